The van der Waals surface area contributed by atoms with Crippen LogP contribution < -0.4 is 22.3 Å². The van der Waals surface area contributed by atoms with Gasteiger partial charge in [0.1, 0.15) is 11.0 Å². The zero-order valence-corrected chi connectivity index (χ0v) is 8.54. The number of hydrogen-bond donors (Lipinski definition) is 4. The summed E-state index contributed by atoms with van der Waals surface area (Å²) < 4.78 is 0. The second-order valence-corrected chi connectivity index (χ2v) is 3.48. The van der Waals surface area contributed by atoms with E-state index in [0.29, 0.717) is 11.4 Å². The fourth-order valence-corrected chi connectivity index (χ4v) is 1.57. The molecular formula is C10H12N4O2. The molecular weight excluding hydrogens is 208 g/mol. The number of fused-ring (bicyclic) bond motifs is 1. The molecule has 2 aromatic rings. The molecule has 2 heterocycles. The van der Waals surface area contributed by atoms with Gasteiger partial charge in [0.15, 0.2) is 0 Å². The first kappa shape index (κ1) is 10.6. The van der Waals surface area contributed by atoms with Crippen LogP contribution in [0.25, 0.3) is 11.0 Å². The number of rotatable bonds is 2. The van der Waals surface area contributed by atoms with Crippen LogP contribution in [0.3, 0.4) is 0 Å². The molecule has 0 bridgehead atoms. The molecule has 16 heavy (non-hydrogen) atoms. The Kier molecular flexibility index (Phi) is 2.59. The molecule has 2 rings (SSSR count). The molecule has 0 aliphatic heterocycles. The number of nitrogens with one attached hydrogen (secondary N) is 2. The Hall–Kier alpha value is -1.92. The fourth-order valence-electron chi connectivity index (χ4n) is 1.57. The van der Waals surface area contributed by atoms with Gasteiger partial charge in [-0.3, -0.25) is 9.59 Å². The second kappa shape index (κ2) is 3.92. The average Bonchev–Trinajstić information content (AvgIpc) is 2.29. The lowest BCUT2D eigenvalue weighted by Gasteiger charge is -2.03. The Morgan fingerprint density at radius 2 is 1.25 bits per heavy atom. The normalized spacial score (nSPS) is 10.9. The minimum absolute atomic E-state index is 0.184. The first-order valence-electron chi connectivity index (χ1n) is 4.84. The van der Waals surface area contributed by atoms with Crippen LogP contribution in [0.15, 0.2) is 21.7 Å². The lowest BCUT2D eigenvalue weighted by molar-refractivity contribution is 0.978. The van der Waals surface area contributed by atoms with E-state index in [1.165, 1.54) is 12.1 Å². The summed E-state index contributed by atoms with van der Waals surface area (Å²) in [7, 11) is 0. The van der Waals surface area contributed by atoms with Gasteiger partial charge in [-0.2, -0.15) is 0 Å². The molecule has 0 saturated heterocycles. The van der Waals surface area contributed by atoms with Crippen molar-refractivity contribution in [3.63, 3.8) is 0 Å². The largest absolute Gasteiger partial charge is 0.353 e. The van der Waals surface area contributed by atoms with Gasteiger partial charge in [-0.1, -0.05) is 0 Å². The summed E-state index contributed by atoms with van der Waals surface area (Å²) in [4.78, 5) is 29.0. The van der Waals surface area contributed by atoms with Gasteiger partial charge >= 0.3 is 0 Å². The van der Waals surface area contributed by atoms with Crippen molar-refractivity contribution in [3.8, 4) is 0 Å². The average molecular weight is 220 g/mol. The van der Waals surface area contributed by atoms with E-state index in [1.807, 2.05) is 0 Å². The van der Waals surface area contributed by atoms with Crippen LogP contribution in [0.5, 0.6) is 0 Å². The van der Waals surface area contributed by atoms with Crippen molar-refractivity contribution in [2.24, 2.45) is 11.5 Å². The van der Waals surface area contributed by atoms with E-state index in [4.69, 9.17) is 11.5 Å². The summed E-state index contributed by atoms with van der Waals surface area (Å²) in [5.74, 6) is 0. The molecule has 0 amide bonds. The van der Waals surface area contributed by atoms with Crippen molar-refractivity contribution >= 4 is 11.0 Å². The second-order valence-electron chi connectivity index (χ2n) is 3.48. The first-order chi connectivity index (χ1) is 7.65. The standard InChI is InChI=1S/C10H12N4O2/c11-3-5-1-7(15)9-10(13-5)8(16)2-6(4-12)14-9/h1-2H,3-4,11-12H2,(H,13,15)(H,14,16). The van der Waals surface area contributed by atoms with Crippen LogP contribution in [-0.4, -0.2) is 9.97 Å². The maximum absolute atomic E-state index is 11.7. The summed E-state index contributed by atoms with van der Waals surface area (Å²) in [6.07, 6.45) is 0. The number of aromatic nitrogens is 2. The lowest BCUT2D eigenvalue weighted by atomic mass is 10.2. The number of H-pyrrole nitrogens is 2. The molecule has 6 N–H and O–H groups in total. The zero-order chi connectivity index (χ0) is 11.7. The zero-order valence-electron chi connectivity index (χ0n) is 8.54. The fraction of sp³-hybridized carbons (Fsp3) is 0.200. The van der Waals surface area contributed by atoms with Crippen LogP contribution in [0, 0.1) is 0 Å². The summed E-state index contributed by atoms with van der Waals surface area (Å²) in [6, 6.07) is 2.75. The van der Waals surface area contributed by atoms with E-state index in [9.17, 15) is 9.59 Å². The molecule has 0 spiro atoms. The first-order valence-corrected chi connectivity index (χ1v) is 4.84. The maximum atomic E-state index is 11.7. The monoisotopic (exact) mass is 220 g/mol. The Balaban J connectivity index is 2.90. The maximum Gasteiger partial charge on any atom is 0.206 e. The van der Waals surface area contributed by atoms with Crippen LogP contribution in [0.4, 0.5) is 0 Å². The number of hydrogen-bond acceptors (Lipinski definition) is 4. The topological polar surface area (TPSA) is 118 Å². The van der Waals surface area contributed by atoms with Crippen LogP contribution >= 0.6 is 0 Å². The van der Waals surface area contributed by atoms with Crippen molar-refractivity contribution in [1.29, 1.82) is 0 Å². The smallest absolute Gasteiger partial charge is 0.206 e. The molecule has 0 aromatic carbocycles. The van der Waals surface area contributed by atoms with Gasteiger partial charge < -0.3 is 21.4 Å². The lowest BCUT2D eigenvalue weighted by Crippen LogP contribution is -2.17. The molecule has 0 unspecified atom stereocenters. The van der Waals surface area contributed by atoms with Crippen LogP contribution in [0.2, 0.25) is 0 Å². The van der Waals surface area contributed by atoms with Crippen molar-refractivity contribution in [2.75, 3.05) is 0 Å². The number of aromatic amines is 2. The summed E-state index contributed by atoms with van der Waals surface area (Å²) in [5.41, 5.74) is 11.8. The molecule has 0 saturated carbocycles. The molecule has 0 aliphatic carbocycles. The van der Waals surface area contributed by atoms with Crippen molar-refractivity contribution in [3.05, 3.63) is 44.0 Å². The van der Waals surface area contributed by atoms with Gasteiger partial charge in [0.05, 0.1) is 0 Å². The molecule has 0 atom stereocenters. The minimum atomic E-state index is -0.262. The minimum Gasteiger partial charge on any atom is -0.353 e. The van der Waals surface area contributed by atoms with Gasteiger partial charge in [-0.05, 0) is 0 Å². The van der Waals surface area contributed by atoms with Crippen molar-refractivity contribution < 1.29 is 0 Å². The SMILES string of the molecule is NCc1cc(=O)c2[nH]c(CN)cc(=O)c2[nH]1. The van der Waals surface area contributed by atoms with E-state index in [2.05, 4.69) is 9.97 Å². The molecule has 0 radical (unpaired) electrons. The molecule has 0 aliphatic rings. The quantitative estimate of drug-likeness (QED) is 0.526. The van der Waals surface area contributed by atoms with E-state index in [-0.39, 0.29) is 35.0 Å². The van der Waals surface area contributed by atoms with E-state index < -0.39 is 0 Å². The highest BCUT2D eigenvalue weighted by molar-refractivity contribution is 5.73. The highest BCUT2D eigenvalue weighted by Gasteiger charge is 2.06. The van der Waals surface area contributed by atoms with E-state index in [1.54, 1.807) is 0 Å². The predicted octanol–water partition coefficient (Wildman–Crippen LogP) is -0.866. The van der Waals surface area contributed by atoms with Crippen molar-refractivity contribution in [2.45, 2.75) is 13.1 Å². The molecule has 6 heteroatoms. The molecule has 84 valence electrons. The highest BCUT2D eigenvalue weighted by atomic mass is 16.1. The van der Waals surface area contributed by atoms with Crippen molar-refractivity contribution in [1.82, 2.24) is 9.97 Å². The third kappa shape index (κ3) is 1.64. The molecule has 6 nitrogen and oxygen atoms in total. The Labute approximate surface area is 90.3 Å². The van der Waals surface area contributed by atoms with Gasteiger partial charge in [0.2, 0.25) is 10.9 Å². The third-order valence-corrected chi connectivity index (χ3v) is 2.36. The Bertz CT molecular complexity index is 584. The Morgan fingerprint density at radius 3 is 1.56 bits per heavy atom. The van der Waals surface area contributed by atoms with Gasteiger partial charge in [-0.15, -0.1) is 0 Å². The molecule has 2 aromatic heterocycles. The number of nitrogens with two attached hydrogens (primary N) is 2. The van der Waals surface area contributed by atoms with Crippen LogP contribution in [-0.2, 0) is 13.1 Å². The van der Waals surface area contributed by atoms with Gasteiger partial charge in [0.25, 0.3) is 0 Å². The Morgan fingerprint density at radius 1 is 0.875 bits per heavy atom. The highest BCUT2D eigenvalue weighted by Crippen LogP contribution is 2.02. The van der Waals surface area contributed by atoms with Gasteiger partial charge in [-0.25, -0.2) is 0 Å². The van der Waals surface area contributed by atoms with Crippen LogP contribution in [0.1, 0.15) is 11.4 Å². The summed E-state index contributed by atoms with van der Waals surface area (Å²) in [5, 5.41) is 0. The third-order valence-electron chi connectivity index (χ3n) is 2.36. The molecule has 0 fully saturated rings. The number of pyridine rings is 2. The van der Waals surface area contributed by atoms with Gasteiger partial charge in [0, 0.05) is 36.6 Å². The van der Waals surface area contributed by atoms with E-state index in [0.717, 1.165) is 0 Å². The predicted molar refractivity (Wildman–Crippen MR) is 61.0 cm³/mol. The summed E-state index contributed by atoms with van der Waals surface area (Å²) in [6.45, 7) is 0.368. The van der Waals surface area contributed by atoms with E-state index >= 15 is 0 Å². The summed E-state index contributed by atoms with van der Waals surface area (Å²) >= 11 is 0.